The summed E-state index contributed by atoms with van der Waals surface area (Å²) in [7, 11) is 0. The third kappa shape index (κ3) is 4.69. The quantitative estimate of drug-likeness (QED) is 0.642. The minimum atomic E-state index is -0.716. The fraction of sp³-hybridized carbons (Fsp3) is 0.429. The number of benzene rings is 1. The predicted molar refractivity (Wildman–Crippen MR) is 136 cm³/mol. The zero-order chi connectivity index (χ0) is 26.4. The van der Waals surface area contributed by atoms with Gasteiger partial charge in [-0.15, -0.1) is 0 Å². The van der Waals surface area contributed by atoms with Crippen LogP contribution >= 0.6 is 0 Å². The van der Waals surface area contributed by atoms with E-state index in [1.54, 1.807) is 11.0 Å². The van der Waals surface area contributed by atoms with E-state index in [0.29, 0.717) is 51.4 Å². The van der Waals surface area contributed by atoms with Crippen molar-refractivity contribution >= 4 is 29.1 Å². The van der Waals surface area contributed by atoms with Gasteiger partial charge in [0.2, 0.25) is 5.91 Å². The van der Waals surface area contributed by atoms with Crippen LogP contribution in [0.5, 0.6) is 0 Å². The van der Waals surface area contributed by atoms with Gasteiger partial charge in [0.25, 0.3) is 11.8 Å². The lowest BCUT2D eigenvalue weighted by Crippen LogP contribution is -2.42. The molecule has 3 aliphatic heterocycles. The van der Waals surface area contributed by atoms with Crippen LogP contribution in [0.2, 0.25) is 0 Å². The Balaban J connectivity index is 1.22. The summed E-state index contributed by atoms with van der Waals surface area (Å²) in [6, 6.07) is 2.59. The standard InChI is InChI=1S/C28H28F2N4O4/c29-17-12-20(16-4-5-16)26(22(13-17)28(37)33-8-10-38-11-9-33)34-7-6-18(15-34)31-27(36)21-14-24(35)32-25-19(21)2-1-3-23(25)30/h1-3,12-14,16,18-19H,4-11,15H2,(H,31,36)/t18-,19?/m1/s1. The number of rotatable bonds is 5. The summed E-state index contributed by atoms with van der Waals surface area (Å²) in [6.07, 6.45) is 8.02. The number of nitrogens with zero attached hydrogens (tertiary/aromatic N) is 3. The van der Waals surface area contributed by atoms with E-state index in [1.807, 2.05) is 0 Å². The molecule has 3 heterocycles. The van der Waals surface area contributed by atoms with Crippen molar-refractivity contribution in [3.8, 4) is 0 Å². The number of morpholine rings is 1. The number of hydrogen-bond acceptors (Lipinski definition) is 5. The molecule has 3 fully saturated rings. The topological polar surface area (TPSA) is 91.3 Å². The molecule has 1 aromatic rings. The van der Waals surface area contributed by atoms with Gasteiger partial charge in [-0.25, -0.2) is 13.8 Å². The second-order valence-electron chi connectivity index (χ2n) is 10.3. The molecule has 0 aromatic heterocycles. The Kier molecular flexibility index (Phi) is 6.43. The molecule has 5 aliphatic rings. The van der Waals surface area contributed by atoms with Crippen LogP contribution in [-0.4, -0.2) is 73.8 Å². The molecular formula is C28H28F2N4O4. The number of dihydropyridines is 1. The zero-order valence-electron chi connectivity index (χ0n) is 20.8. The van der Waals surface area contributed by atoms with Gasteiger partial charge in [0.05, 0.1) is 36.1 Å². The van der Waals surface area contributed by atoms with Crippen molar-refractivity contribution in [2.24, 2.45) is 10.9 Å². The molecule has 8 nitrogen and oxygen atoms in total. The fourth-order valence-corrected chi connectivity index (χ4v) is 5.66. The normalized spacial score (nSPS) is 25.0. The maximum atomic E-state index is 14.7. The molecule has 3 amide bonds. The molecular weight excluding hydrogens is 494 g/mol. The number of ether oxygens (including phenoxy) is 1. The minimum absolute atomic E-state index is 0.0511. The third-order valence-electron chi connectivity index (χ3n) is 7.68. The van der Waals surface area contributed by atoms with Crippen LogP contribution in [0, 0.1) is 11.7 Å². The zero-order valence-corrected chi connectivity index (χ0v) is 20.8. The maximum Gasteiger partial charge on any atom is 0.270 e. The van der Waals surface area contributed by atoms with Gasteiger partial charge in [0.1, 0.15) is 11.6 Å². The van der Waals surface area contributed by atoms with E-state index in [1.165, 1.54) is 24.3 Å². The van der Waals surface area contributed by atoms with Crippen molar-refractivity contribution in [2.45, 2.75) is 31.2 Å². The van der Waals surface area contributed by atoms with E-state index >= 15 is 0 Å². The lowest BCUT2D eigenvalue weighted by Gasteiger charge is -2.31. The van der Waals surface area contributed by atoms with Gasteiger partial charge in [0, 0.05) is 43.9 Å². The molecule has 2 saturated heterocycles. The summed E-state index contributed by atoms with van der Waals surface area (Å²) in [4.78, 5) is 46.3. The fourth-order valence-electron chi connectivity index (χ4n) is 5.66. The summed E-state index contributed by atoms with van der Waals surface area (Å²) in [5.74, 6) is -2.89. The Morgan fingerprint density at radius 2 is 1.87 bits per heavy atom. The first-order valence-electron chi connectivity index (χ1n) is 13.0. The first-order valence-corrected chi connectivity index (χ1v) is 13.0. The second-order valence-corrected chi connectivity index (χ2v) is 10.3. The van der Waals surface area contributed by atoms with Crippen molar-refractivity contribution in [1.82, 2.24) is 10.2 Å². The van der Waals surface area contributed by atoms with E-state index in [2.05, 4.69) is 15.2 Å². The van der Waals surface area contributed by atoms with Crippen LogP contribution in [0.1, 0.15) is 41.1 Å². The molecule has 2 aliphatic carbocycles. The number of hydrogen-bond donors (Lipinski definition) is 1. The maximum absolute atomic E-state index is 14.7. The van der Waals surface area contributed by atoms with Crippen molar-refractivity contribution < 1.29 is 27.9 Å². The predicted octanol–water partition coefficient (Wildman–Crippen LogP) is 2.82. The van der Waals surface area contributed by atoms with Crippen LogP contribution < -0.4 is 10.2 Å². The van der Waals surface area contributed by atoms with Crippen LogP contribution in [0.4, 0.5) is 14.5 Å². The minimum Gasteiger partial charge on any atom is -0.378 e. The smallest absolute Gasteiger partial charge is 0.270 e. The summed E-state index contributed by atoms with van der Waals surface area (Å²) in [6.45, 7) is 2.81. The number of nitrogens with one attached hydrogen (secondary N) is 1. The second kappa shape index (κ2) is 9.90. The average molecular weight is 523 g/mol. The molecule has 0 spiro atoms. The van der Waals surface area contributed by atoms with Gasteiger partial charge in [0.15, 0.2) is 0 Å². The number of aliphatic imine (C=N–C) groups is 1. The van der Waals surface area contributed by atoms with Crippen LogP contribution in [0.25, 0.3) is 0 Å². The van der Waals surface area contributed by atoms with E-state index in [0.717, 1.165) is 30.2 Å². The highest BCUT2D eigenvalue weighted by Gasteiger charge is 2.37. The molecule has 1 unspecified atom stereocenters. The molecule has 2 atom stereocenters. The molecule has 0 radical (unpaired) electrons. The summed E-state index contributed by atoms with van der Waals surface area (Å²) < 4.78 is 34.3. The number of carbonyl (C=O) groups excluding carboxylic acids is 3. The number of amides is 3. The molecule has 1 saturated carbocycles. The molecule has 1 aromatic carbocycles. The highest BCUT2D eigenvalue weighted by Crippen LogP contribution is 2.47. The van der Waals surface area contributed by atoms with Gasteiger partial charge in [-0.2, -0.15) is 0 Å². The Morgan fingerprint density at radius 1 is 1.08 bits per heavy atom. The molecule has 0 bridgehead atoms. The van der Waals surface area contributed by atoms with Gasteiger partial charge < -0.3 is 19.9 Å². The number of anilines is 1. The lowest BCUT2D eigenvalue weighted by molar-refractivity contribution is -0.119. The molecule has 38 heavy (non-hydrogen) atoms. The van der Waals surface area contributed by atoms with Crippen molar-refractivity contribution in [3.05, 3.63) is 64.8 Å². The Hall–Kier alpha value is -3.66. The van der Waals surface area contributed by atoms with Crippen LogP contribution in [0.3, 0.4) is 0 Å². The van der Waals surface area contributed by atoms with E-state index in [9.17, 15) is 23.2 Å². The summed E-state index contributed by atoms with van der Waals surface area (Å²) >= 11 is 0. The van der Waals surface area contributed by atoms with Gasteiger partial charge in [-0.1, -0.05) is 12.2 Å². The van der Waals surface area contributed by atoms with Gasteiger partial charge in [-0.05, 0) is 49.0 Å². The Morgan fingerprint density at radius 3 is 2.63 bits per heavy atom. The monoisotopic (exact) mass is 522 g/mol. The SMILES string of the molecule is O=C1C=C(C(=O)N[C@@H]2CCN(c3c(C(=O)N4CCOCC4)cc(F)cc3C3CC3)C2)C2C=CC=C(F)C2=N1. The number of allylic oxidation sites excluding steroid dienone is 4. The number of fused-ring (bicyclic) bond motifs is 1. The summed E-state index contributed by atoms with van der Waals surface area (Å²) in [5, 5.41) is 2.99. The molecule has 6 rings (SSSR count). The first-order chi connectivity index (χ1) is 18.4. The van der Waals surface area contributed by atoms with Gasteiger partial charge >= 0.3 is 0 Å². The van der Waals surface area contributed by atoms with Crippen molar-refractivity contribution in [3.63, 3.8) is 0 Å². The summed E-state index contributed by atoms with van der Waals surface area (Å²) in [5.41, 5.74) is 2.03. The Bertz CT molecular complexity index is 1320. The molecule has 198 valence electrons. The lowest BCUT2D eigenvalue weighted by atomic mass is 9.87. The van der Waals surface area contributed by atoms with E-state index in [4.69, 9.17) is 4.74 Å². The molecule has 10 heteroatoms. The first kappa shape index (κ1) is 24.7. The highest BCUT2D eigenvalue weighted by molar-refractivity contribution is 6.19. The largest absolute Gasteiger partial charge is 0.378 e. The number of halogens is 2. The van der Waals surface area contributed by atoms with E-state index < -0.39 is 29.4 Å². The third-order valence-corrected chi connectivity index (χ3v) is 7.68. The van der Waals surface area contributed by atoms with Gasteiger partial charge in [-0.3, -0.25) is 14.4 Å². The Labute approximate surface area is 218 Å². The number of carbonyl (C=O) groups is 3. The van der Waals surface area contributed by atoms with Crippen molar-refractivity contribution in [2.75, 3.05) is 44.3 Å². The average Bonchev–Trinajstić information content (AvgIpc) is 3.67. The molecule has 1 N–H and O–H groups in total. The van der Waals surface area contributed by atoms with Crippen LogP contribution in [0.15, 0.2) is 52.8 Å². The van der Waals surface area contributed by atoms with Crippen LogP contribution in [-0.2, 0) is 14.3 Å². The van der Waals surface area contributed by atoms with Crippen molar-refractivity contribution in [1.29, 1.82) is 0 Å². The van der Waals surface area contributed by atoms with E-state index in [-0.39, 0.29) is 29.2 Å². The highest BCUT2D eigenvalue weighted by atomic mass is 19.1.